The van der Waals surface area contributed by atoms with Crippen molar-refractivity contribution in [1.29, 1.82) is 0 Å². The molecule has 0 aliphatic carbocycles. The van der Waals surface area contributed by atoms with Gasteiger partial charge in [0.2, 0.25) is 11.8 Å². The van der Waals surface area contributed by atoms with Crippen molar-refractivity contribution in [2.24, 2.45) is 5.41 Å². The van der Waals surface area contributed by atoms with Crippen molar-refractivity contribution in [1.82, 2.24) is 25.0 Å². The number of pyridine rings is 1. The van der Waals surface area contributed by atoms with Gasteiger partial charge >= 0.3 is 0 Å². The Hall–Kier alpha value is -3.48. The molecule has 2 aromatic heterocycles. The van der Waals surface area contributed by atoms with Gasteiger partial charge in [-0.25, -0.2) is 0 Å². The van der Waals surface area contributed by atoms with Crippen LogP contribution in [0.25, 0.3) is 11.1 Å². The highest BCUT2D eigenvalue weighted by Crippen LogP contribution is 2.36. The highest BCUT2D eigenvalue weighted by atomic mass is 16.2. The maximum atomic E-state index is 13.4. The molecule has 1 N–H and O–H groups in total. The molecular formula is C26H31N5O2. The molecule has 7 nitrogen and oxygen atoms in total. The number of likely N-dealkylation sites (tertiary alicyclic amines) is 1. The summed E-state index contributed by atoms with van der Waals surface area (Å²) in [5, 5.41) is 7.33. The van der Waals surface area contributed by atoms with Crippen LogP contribution in [0, 0.1) is 12.3 Å². The van der Waals surface area contributed by atoms with Gasteiger partial charge < -0.3 is 10.2 Å². The second-order valence-corrected chi connectivity index (χ2v) is 9.31. The molecule has 2 amide bonds. The molecule has 0 saturated carbocycles. The van der Waals surface area contributed by atoms with Crippen LogP contribution < -0.4 is 5.32 Å². The summed E-state index contributed by atoms with van der Waals surface area (Å²) in [4.78, 5) is 32.4. The van der Waals surface area contributed by atoms with Crippen LogP contribution in [0.2, 0.25) is 0 Å². The number of carbonyl (C=O) groups is 2. The summed E-state index contributed by atoms with van der Waals surface area (Å²) in [6.07, 6.45) is 8.40. The summed E-state index contributed by atoms with van der Waals surface area (Å²) < 4.78 is 1.66. The Bertz CT molecular complexity index is 1120. The summed E-state index contributed by atoms with van der Waals surface area (Å²) in [5.74, 6) is -0.00375. The van der Waals surface area contributed by atoms with E-state index in [-0.39, 0.29) is 24.4 Å². The lowest BCUT2D eigenvalue weighted by atomic mass is 9.79. The van der Waals surface area contributed by atoms with E-state index in [9.17, 15) is 9.59 Å². The monoisotopic (exact) mass is 445 g/mol. The van der Waals surface area contributed by atoms with Crippen molar-refractivity contribution >= 4 is 11.8 Å². The van der Waals surface area contributed by atoms with Gasteiger partial charge in [0, 0.05) is 37.7 Å². The number of carbonyl (C=O) groups excluding carboxylic acids is 2. The zero-order valence-corrected chi connectivity index (χ0v) is 19.5. The molecule has 1 aromatic carbocycles. The zero-order valence-electron chi connectivity index (χ0n) is 19.5. The van der Waals surface area contributed by atoms with Crippen LogP contribution in [-0.2, 0) is 22.6 Å². The fraction of sp³-hybridized carbons (Fsp3) is 0.385. The third kappa shape index (κ3) is 5.30. The minimum absolute atomic E-state index is 0.00881. The Morgan fingerprint density at radius 3 is 2.67 bits per heavy atom. The molecule has 172 valence electrons. The van der Waals surface area contributed by atoms with Crippen LogP contribution in [0.15, 0.2) is 61.2 Å². The second kappa shape index (κ2) is 9.57. The summed E-state index contributed by atoms with van der Waals surface area (Å²) >= 11 is 0. The molecule has 1 atom stereocenters. The number of nitrogens with one attached hydrogen (secondary N) is 1. The van der Waals surface area contributed by atoms with Gasteiger partial charge in [-0.05, 0) is 61.9 Å². The minimum atomic E-state index is -0.659. The van der Waals surface area contributed by atoms with Gasteiger partial charge in [-0.15, -0.1) is 0 Å². The van der Waals surface area contributed by atoms with Gasteiger partial charge in [0.25, 0.3) is 0 Å². The van der Waals surface area contributed by atoms with Crippen LogP contribution in [0.5, 0.6) is 0 Å². The first kappa shape index (κ1) is 22.7. The number of rotatable bonds is 7. The van der Waals surface area contributed by atoms with Crippen molar-refractivity contribution in [3.05, 3.63) is 72.3 Å². The maximum Gasteiger partial charge on any atom is 0.244 e. The number of aromatic nitrogens is 3. The molecule has 1 aliphatic heterocycles. The fourth-order valence-electron chi connectivity index (χ4n) is 4.49. The lowest BCUT2D eigenvalue weighted by Gasteiger charge is -2.29. The van der Waals surface area contributed by atoms with E-state index < -0.39 is 5.41 Å². The summed E-state index contributed by atoms with van der Waals surface area (Å²) in [7, 11) is 0. The number of amides is 2. The summed E-state index contributed by atoms with van der Waals surface area (Å²) in [6.45, 7) is 7.03. The van der Waals surface area contributed by atoms with E-state index in [1.54, 1.807) is 17.1 Å². The lowest BCUT2D eigenvalue weighted by Crippen LogP contribution is -2.47. The minimum Gasteiger partial charge on any atom is -0.353 e. The number of hydrogen-bond acceptors (Lipinski definition) is 4. The molecule has 1 aliphatic rings. The van der Waals surface area contributed by atoms with Crippen molar-refractivity contribution in [3.63, 3.8) is 0 Å². The molecule has 33 heavy (non-hydrogen) atoms. The fourth-order valence-corrected chi connectivity index (χ4v) is 4.49. The van der Waals surface area contributed by atoms with E-state index in [4.69, 9.17) is 0 Å². The second-order valence-electron chi connectivity index (χ2n) is 9.31. The third-order valence-corrected chi connectivity index (χ3v) is 6.13. The Labute approximate surface area is 194 Å². The number of benzene rings is 1. The van der Waals surface area contributed by atoms with E-state index in [0.717, 1.165) is 22.3 Å². The largest absolute Gasteiger partial charge is 0.353 e. The number of hydrogen-bond donors (Lipinski definition) is 1. The Balaban J connectivity index is 1.56. The van der Waals surface area contributed by atoms with E-state index in [1.165, 1.54) is 0 Å². The van der Waals surface area contributed by atoms with Crippen LogP contribution in [0.4, 0.5) is 0 Å². The molecule has 7 heteroatoms. The predicted octanol–water partition coefficient (Wildman–Crippen LogP) is 3.24. The van der Waals surface area contributed by atoms with E-state index >= 15 is 0 Å². The standard InChI is InChI=1S/C26H31N5O2/c1-19(2)29-25(33)26(9-11-30(18-26)24(32)17-31-16-20(3)14-28-31)13-21-6-4-7-22(12-21)23-8-5-10-27-15-23/h4-8,10,12,14-16,19H,9,11,13,17-18H2,1-3H3,(H,29,33)/t26-/m1/s1. The van der Waals surface area contributed by atoms with Crippen molar-refractivity contribution < 1.29 is 9.59 Å². The van der Waals surface area contributed by atoms with Gasteiger partial charge in [-0.2, -0.15) is 5.10 Å². The average molecular weight is 446 g/mol. The molecule has 0 radical (unpaired) electrons. The SMILES string of the molecule is Cc1cnn(CC(=O)N2CC[C@](Cc3cccc(-c4cccnc4)c3)(C(=O)NC(C)C)C2)c1. The number of nitrogens with zero attached hydrogens (tertiary/aromatic N) is 4. The van der Waals surface area contributed by atoms with Gasteiger partial charge in [0.1, 0.15) is 6.54 Å². The highest BCUT2D eigenvalue weighted by Gasteiger charge is 2.46. The van der Waals surface area contributed by atoms with Crippen molar-refractivity contribution in [2.45, 2.75) is 46.2 Å². The van der Waals surface area contributed by atoms with Crippen molar-refractivity contribution in [3.8, 4) is 11.1 Å². The molecule has 4 rings (SSSR count). The van der Waals surface area contributed by atoms with Crippen LogP contribution in [-0.4, -0.2) is 50.6 Å². The van der Waals surface area contributed by atoms with E-state index in [1.807, 2.05) is 56.3 Å². The summed E-state index contributed by atoms with van der Waals surface area (Å²) in [5.41, 5.74) is 3.54. The first-order chi connectivity index (χ1) is 15.8. The Kier molecular flexibility index (Phi) is 6.58. The first-order valence-electron chi connectivity index (χ1n) is 11.4. The van der Waals surface area contributed by atoms with Crippen molar-refractivity contribution in [2.75, 3.05) is 13.1 Å². The van der Waals surface area contributed by atoms with Gasteiger partial charge in [-0.1, -0.05) is 30.3 Å². The molecule has 1 saturated heterocycles. The van der Waals surface area contributed by atoms with Crippen LogP contribution >= 0.6 is 0 Å². The average Bonchev–Trinajstić information content (AvgIpc) is 3.41. The Morgan fingerprint density at radius 2 is 1.97 bits per heavy atom. The molecule has 1 fully saturated rings. The molecule has 0 spiro atoms. The van der Waals surface area contributed by atoms with E-state index in [2.05, 4.69) is 33.6 Å². The third-order valence-electron chi connectivity index (χ3n) is 6.13. The smallest absolute Gasteiger partial charge is 0.244 e. The van der Waals surface area contributed by atoms with Gasteiger partial charge in [-0.3, -0.25) is 19.3 Å². The maximum absolute atomic E-state index is 13.4. The normalized spacial score (nSPS) is 18.0. The molecule has 0 unspecified atom stereocenters. The number of aryl methyl sites for hydroxylation is 1. The van der Waals surface area contributed by atoms with Gasteiger partial charge in [0.15, 0.2) is 0 Å². The zero-order chi connectivity index (χ0) is 23.4. The first-order valence-corrected chi connectivity index (χ1v) is 11.4. The van der Waals surface area contributed by atoms with Gasteiger partial charge in [0.05, 0.1) is 11.6 Å². The Morgan fingerprint density at radius 1 is 1.15 bits per heavy atom. The quantitative estimate of drug-likeness (QED) is 0.606. The topological polar surface area (TPSA) is 80.1 Å². The molecule has 0 bridgehead atoms. The summed E-state index contributed by atoms with van der Waals surface area (Å²) in [6, 6.07) is 12.2. The predicted molar refractivity (Wildman–Crippen MR) is 127 cm³/mol. The van der Waals surface area contributed by atoms with Crippen LogP contribution in [0.1, 0.15) is 31.4 Å². The lowest BCUT2D eigenvalue weighted by molar-refractivity contribution is -0.134. The van der Waals surface area contributed by atoms with Crippen LogP contribution in [0.3, 0.4) is 0 Å². The molecule has 3 aromatic rings. The molecule has 3 heterocycles. The highest BCUT2D eigenvalue weighted by molar-refractivity contribution is 5.86. The van der Waals surface area contributed by atoms with E-state index in [0.29, 0.717) is 25.9 Å². The molecular weight excluding hydrogens is 414 g/mol.